The Morgan fingerprint density at radius 1 is 1.36 bits per heavy atom. The fourth-order valence-electron chi connectivity index (χ4n) is 1.84. The standard InChI is InChI=1S/C13H16F2N4O2.HI/c14-9-1-2-10(15)11(7-9)18-13(16)17-8-12(20)19-3-5-21-6-4-19;/h1-2,7H,3-6,8H2,(H3,16,17,18);1H. The Morgan fingerprint density at radius 2 is 2.05 bits per heavy atom. The number of carbonyl (C=O) groups is 1. The van der Waals surface area contributed by atoms with E-state index in [-0.39, 0.29) is 48.1 Å². The fourth-order valence-corrected chi connectivity index (χ4v) is 1.84. The average Bonchev–Trinajstić information content (AvgIpc) is 2.49. The van der Waals surface area contributed by atoms with Crippen LogP contribution in [-0.2, 0) is 9.53 Å². The predicted molar refractivity (Wildman–Crippen MR) is 89.3 cm³/mol. The molecule has 0 aliphatic carbocycles. The molecule has 0 saturated carbocycles. The van der Waals surface area contributed by atoms with E-state index in [0.717, 1.165) is 18.2 Å². The molecule has 9 heteroatoms. The van der Waals surface area contributed by atoms with Crippen LogP contribution in [0.25, 0.3) is 0 Å². The van der Waals surface area contributed by atoms with Crippen molar-refractivity contribution in [2.45, 2.75) is 0 Å². The lowest BCUT2D eigenvalue weighted by molar-refractivity contribution is -0.133. The highest BCUT2D eigenvalue weighted by Gasteiger charge is 2.16. The number of nitrogens with two attached hydrogens (primary N) is 1. The number of amides is 1. The van der Waals surface area contributed by atoms with E-state index < -0.39 is 11.6 Å². The molecule has 1 aromatic carbocycles. The molecule has 22 heavy (non-hydrogen) atoms. The third-order valence-electron chi connectivity index (χ3n) is 2.94. The summed E-state index contributed by atoms with van der Waals surface area (Å²) < 4.78 is 31.5. The Balaban J connectivity index is 0.00000242. The van der Waals surface area contributed by atoms with E-state index in [1.807, 2.05) is 0 Å². The summed E-state index contributed by atoms with van der Waals surface area (Å²) in [5, 5.41) is 2.43. The summed E-state index contributed by atoms with van der Waals surface area (Å²) in [5.41, 5.74) is 5.43. The zero-order chi connectivity index (χ0) is 15.2. The van der Waals surface area contributed by atoms with Crippen LogP contribution in [0.3, 0.4) is 0 Å². The maximum absolute atomic E-state index is 13.4. The quantitative estimate of drug-likeness (QED) is 0.432. The molecule has 1 heterocycles. The fraction of sp³-hybridized carbons (Fsp3) is 0.385. The number of nitrogens with zero attached hydrogens (tertiary/aromatic N) is 2. The van der Waals surface area contributed by atoms with Gasteiger partial charge in [-0.25, -0.2) is 13.8 Å². The lowest BCUT2D eigenvalue weighted by Crippen LogP contribution is -2.42. The van der Waals surface area contributed by atoms with E-state index in [1.165, 1.54) is 0 Å². The van der Waals surface area contributed by atoms with Crippen molar-refractivity contribution in [3.05, 3.63) is 29.8 Å². The van der Waals surface area contributed by atoms with Gasteiger partial charge < -0.3 is 20.7 Å². The van der Waals surface area contributed by atoms with E-state index >= 15 is 0 Å². The van der Waals surface area contributed by atoms with Crippen molar-refractivity contribution in [2.75, 3.05) is 38.2 Å². The minimum Gasteiger partial charge on any atom is -0.378 e. The topological polar surface area (TPSA) is 80.0 Å². The summed E-state index contributed by atoms with van der Waals surface area (Å²) in [4.78, 5) is 17.3. The van der Waals surface area contributed by atoms with Crippen LogP contribution in [0.2, 0.25) is 0 Å². The number of halogens is 3. The Hall–Kier alpha value is -1.49. The number of guanidine groups is 1. The van der Waals surface area contributed by atoms with Gasteiger partial charge in [-0.2, -0.15) is 0 Å². The molecule has 3 N–H and O–H groups in total. The highest BCUT2D eigenvalue weighted by atomic mass is 127. The molecule has 0 atom stereocenters. The molecule has 1 saturated heterocycles. The maximum atomic E-state index is 13.4. The summed E-state index contributed by atoms with van der Waals surface area (Å²) in [5.74, 6) is -1.60. The number of ether oxygens (including phenoxy) is 1. The Morgan fingerprint density at radius 3 is 2.73 bits per heavy atom. The molecule has 0 spiro atoms. The molecule has 0 unspecified atom stereocenters. The molecule has 1 fully saturated rings. The molecular weight excluding hydrogens is 409 g/mol. The SMILES string of the molecule is I.NC(=NCC(=O)N1CCOCC1)Nc1cc(F)ccc1F. The first-order chi connectivity index (χ1) is 10.1. The van der Waals surface area contributed by atoms with Crippen LogP contribution in [-0.4, -0.2) is 49.6 Å². The molecule has 1 amide bonds. The van der Waals surface area contributed by atoms with Gasteiger partial charge >= 0.3 is 0 Å². The van der Waals surface area contributed by atoms with Crippen molar-refractivity contribution in [3.8, 4) is 0 Å². The van der Waals surface area contributed by atoms with E-state index in [0.29, 0.717) is 26.3 Å². The second kappa shape index (κ2) is 8.83. The van der Waals surface area contributed by atoms with Gasteiger partial charge in [0.05, 0.1) is 18.9 Å². The lowest BCUT2D eigenvalue weighted by Gasteiger charge is -2.26. The van der Waals surface area contributed by atoms with Crippen LogP contribution in [0.15, 0.2) is 23.2 Å². The first-order valence-corrected chi connectivity index (χ1v) is 6.44. The van der Waals surface area contributed by atoms with E-state index in [2.05, 4.69) is 10.3 Å². The molecule has 1 aliphatic rings. The van der Waals surface area contributed by atoms with Gasteiger partial charge in [0.25, 0.3) is 0 Å². The minimum atomic E-state index is -0.658. The van der Waals surface area contributed by atoms with Gasteiger partial charge in [-0.3, -0.25) is 4.79 Å². The van der Waals surface area contributed by atoms with Crippen LogP contribution in [0, 0.1) is 11.6 Å². The zero-order valence-corrected chi connectivity index (χ0v) is 14.1. The summed E-state index contributed by atoms with van der Waals surface area (Å²) in [6.45, 7) is 1.87. The number of hydrogen-bond donors (Lipinski definition) is 2. The van der Waals surface area contributed by atoms with Crippen LogP contribution < -0.4 is 11.1 Å². The van der Waals surface area contributed by atoms with Crippen LogP contribution in [0.5, 0.6) is 0 Å². The predicted octanol–water partition coefficient (Wildman–Crippen LogP) is 1.17. The van der Waals surface area contributed by atoms with Gasteiger partial charge in [0, 0.05) is 19.2 Å². The third kappa shape index (κ3) is 5.37. The number of hydrogen-bond acceptors (Lipinski definition) is 3. The normalized spacial score (nSPS) is 15.2. The number of carbonyl (C=O) groups excluding carboxylic acids is 1. The van der Waals surface area contributed by atoms with Crippen LogP contribution in [0.1, 0.15) is 0 Å². The number of morpholine rings is 1. The smallest absolute Gasteiger partial charge is 0.244 e. The second-order valence-electron chi connectivity index (χ2n) is 4.44. The van der Waals surface area contributed by atoms with Gasteiger partial charge in [-0.15, -0.1) is 24.0 Å². The van der Waals surface area contributed by atoms with Crippen molar-refractivity contribution >= 4 is 41.5 Å². The van der Waals surface area contributed by atoms with Gasteiger partial charge in [0.15, 0.2) is 5.96 Å². The molecule has 0 radical (unpaired) electrons. The van der Waals surface area contributed by atoms with E-state index in [9.17, 15) is 13.6 Å². The highest BCUT2D eigenvalue weighted by molar-refractivity contribution is 14.0. The largest absolute Gasteiger partial charge is 0.378 e. The van der Waals surface area contributed by atoms with Crippen molar-refractivity contribution < 1.29 is 18.3 Å². The zero-order valence-electron chi connectivity index (χ0n) is 11.7. The summed E-state index contributed by atoms with van der Waals surface area (Å²) >= 11 is 0. The molecule has 6 nitrogen and oxygen atoms in total. The lowest BCUT2D eigenvalue weighted by atomic mass is 10.3. The van der Waals surface area contributed by atoms with Gasteiger partial charge in [-0.05, 0) is 12.1 Å². The van der Waals surface area contributed by atoms with Crippen molar-refractivity contribution in [1.82, 2.24) is 4.90 Å². The maximum Gasteiger partial charge on any atom is 0.244 e. The van der Waals surface area contributed by atoms with Crippen molar-refractivity contribution in [1.29, 1.82) is 0 Å². The van der Waals surface area contributed by atoms with Gasteiger partial charge in [0.1, 0.15) is 18.2 Å². The number of benzene rings is 1. The summed E-state index contributed by atoms with van der Waals surface area (Å²) in [6.07, 6.45) is 0. The summed E-state index contributed by atoms with van der Waals surface area (Å²) in [6, 6.07) is 2.93. The molecule has 1 aromatic rings. The molecular formula is C13H17F2IN4O2. The summed E-state index contributed by atoms with van der Waals surface area (Å²) in [7, 11) is 0. The first kappa shape index (κ1) is 18.6. The Kier molecular flexibility index (Phi) is 7.45. The monoisotopic (exact) mass is 426 g/mol. The number of nitrogens with one attached hydrogen (secondary N) is 1. The van der Waals surface area contributed by atoms with Gasteiger partial charge in [-0.1, -0.05) is 0 Å². The minimum absolute atomic E-state index is 0. The average molecular weight is 426 g/mol. The van der Waals surface area contributed by atoms with Crippen molar-refractivity contribution in [3.63, 3.8) is 0 Å². The first-order valence-electron chi connectivity index (χ1n) is 6.44. The third-order valence-corrected chi connectivity index (χ3v) is 2.94. The molecule has 122 valence electrons. The molecule has 0 bridgehead atoms. The molecule has 2 rings (SSSR count). The second-order valence-corrected chi connectivity index (χ2v) is 4.44. The number of rotatable bonds is 3. The van der Waals surface area contributed by atoms with Gasteiger partial charge in [0.2, 0.25) is 5.91 Å². The number of anilines is 1. The van der Waals surface area contributed by atoms with E-state index in [1.54, 1.807) is 4.90 Å². The van der Waals surface area contributed by atoms with E-state index in [4.69, 9.17) is 10.5 Å². The van der Waals surface area contributed by atoms with Crippen LogP contribution >= 0.6 is 24.0 Å². The molecule has 1 aliphatic heterocycles. The Bertz CT molecular complexity index is 551. The number of aliphatic imine (C=N–C) groups is 1. The van der Waals surface area contributed by atoms with Crippen molar-refractivity contribution in [2.24, 2.45) is 10.7 Å². The molecule has 0 aromatic heterocycles. The van der Waals surface area contributed by atoms with Crippen LogP contribution in [0.4, 0.5) is 14.5 Å². The highest BCUT2D eigenvalue weighted by Crippen LogP contribution is 2.14. The Labute approximate surface area is 143 Å².